The van der Waals surface area contributed by atoms with Gasteiger partial charge in [0.05, 0.1) is 6.61 Å². The maximum absolute atomic E-state index is 5.57. The largest absolute Gasteiger partial charge is 0.494 e. The van der Waals surface area contributed by atoms with Gasteiger partial charge in [-0.2, -0.15) is 0 Å². The van der Waals surface area contributed by atoms with E-state index in [1.807, 2.05) is 25.1 Å². The molecule has 0 aromatic heterocycles. The first-order chi connectivity index (χ1) is 9.76. The molecule has 2 aromatic rings. The Bertz CT molecular complexity index is 620. The van der Waals surface area contributed by atoms with Crippen LogP contribution in [0.3, 0.4) is 0 Å². The van der Waals surface area contributed by atoms with Crippen molar-refractivity contribution in [1.29, 1.82) is 0 Å². The Balaban J connectivity index is 1.79. The van der Waals surface area contributed by atoms with E-state index in [2.05, 4.69) is 25.1 Å². The summed E-state index contributed by atoms with van der Waals surface area (Å²) in [6, 6.07) is 12.4. The van der Waals surface area contributed by atoms with Crippen LogP contribution in [0.2, 0.25) is 0 Å². The van der Waals surface area contributed by atoms with E-state index >= 15 is 0 Å². The zero-order valence-corrected chi connectivity index (χ0v) is 11.8. The second-order valence-electron chi connectivity index (χ2n) is 4.90. The van der Waals surface area contributed by atoms with Crippen molar-refractivity contribution in [2.45, 2.75) is 20.3 Å². The van der Waals surface area contributed by atoms with Gasteiger partial charge in [0.1, 0.15) is 5.75 Å². The van der Waals surface area contributed by atoms with E-state index in [0.29, 0.717) is 13.4 Å². The number of rotatable bonds is 4. The Hall–Kier alpha value is -2.16. The van der Waals surface area contributed by atoms with Crippen molar-refractivity contribution in [2.24, 2.45) is 0 Å². The fraction of sp³-hybridized carbons (Fsp3) is 0.294. The molecule has 3 nitrogen and oxygen atoms in total. The van der Waals surface area contributed by atoms with Crippen molar-refractivity contribution in [1.82, 2.24) is 0 Å². The maximum Gasteiger partial charge on any atom is 0.231 e. The summed E-state index contributed by atoms with van der Waals surface area (Å²) in [5.74, 6) is 2.63. The van der Waals surface area contributed by atoms with Gasteiger partial charge >= 0.3 is 0 Å². The molecule has 20 heavy (non-hydrogen) atoms. The van der Waals surface area contributed by atoms with Crippen molar-refractivity contribution >= 4 is 0 Å². The molecule has 104 valence electrons. The average Bonchev–Trinajstić information content (AvgIpc) is 2.89. The second-order valence-corrected chi connectivity index (χ2v) is 4.90. The fourth-order valence-electron chi connectivity index (χ4n) is 2.43. The van der Waals surface area contributed by atoms with Crippen LogP contribution in [0.4, 0.5) is 0 Å². The van der Waals surface area contributed by atoms with Crippen LogP contribution in [0.15, 0.2) is 36.4 Å². The molecule has 1 aliphatic heterocycles. The summed E-state index contributed by atoms with van der Waals surface area (Å²) in [5, 5.41) is 0. The normalized spacial score (nSPS) is 12.5. The molecule has 0 fully saturated rings. The highest BCUT2D eigenvalue weighted by atomic mass is 16.7. The first kappa shape index (κ1) is 12.9. The minimum absolute atomic E-state index is 0.320. The topological polar surface area (TPSA) is 27.7 Å². The van der Waals surface area contributed by atoms with Crippen LogP contribution in [0.25, 0.3) is 0 Å². The van der Waals surface area contributed by atoms with Crippen molar-refractivity contribution in [3.63, 3.8) is 0 Å². The summed E-state index contributed by atoms with van der Waals surface area (Å²) in [5.41, 5.74) is 3.66. The van der Waals surface area contributed by atoms with Gasteiger partial charge < -0.3 is 14.2 Å². The quantitative estimate of drug-likeness (QED) is 0.847. The predicted molar refractivity (Wildman–Crippen MR) is 77.7 cm³/mol. The van der Waals surface area contributed by atoms with Crippen molar-refractivity contribution in [3.05, 3.63) is 53.1 Å². The molecule has 0 amide bonds. The molecule has 0 bridgehead atoms. The second kappa shape index (κ2) is 5.45. The standard InChI is InChI=1S/C17H18O3/c1-3-18-15-6-4-13(8-12(15)2)9-14-5-7-16-17(10-14)20-11-19-16/h4-8,10H,3,9,11H2,1-2H3. The summed E-state index contributed by atoms with van der Waals surface area (Å²) >= 11 is 0. The fourth-order valence-corrected chi connectivity index (χ4v) is 2.43. The number of ether oxygens (including phenoxy) is 3. The van der Waals surface area contributed by atoms with Crippen LogP contribution in [0.1, 0.15) is 23.6 Å². The molecular formula is C17H18O3. The van der Waals surface area contributed by atoms with Gasteiger partial charge in [0.15, 0.2) is 11.5 Å². The molecule has 0 saturated carbocycles. The molecule has 1 heterocycles. The van der Waals surface area contributed by atoms with Crippen molar-refractivity contribution in [2.75, 3.05) is 13.4 Å². The summed E-state index contributed by atoms with van der Waals surface area (Å²) in [6.07, 6.45) is 0.879. The zero-order chi connectivity index (χ0) is 13.9. The highest BCUT2D eigenvalue weighted by molar-refractivity contribution is 5.46. The van der Waals surface area contributed by atoms with E-state index in [4.69, 9.17) is 14.2 Å². The highest BCUT2D eigenvalue weighted by Crippen LogP contribution is 2.33. The van der Waals surface area contributed by atoms with Gasteiger partial charge in [-0.25, -0.2) is 0 Å². The van der Waals surface area contributed by atoms with Crippen molar-refractivity contribution < 1.29 is 14.2 Å². The molecule has 1 aliphatic rings. The van der Waals surface area contributed by atoms with Gasteiger partial charge in [0, 0.05) is 0 Å². The minimum Gasteiger partial charge on any atom is -0.494 e. The molecule has 0 spiro atoms. The van der Waals surface area contributed by atoms with Crippen LogP contribution in [-0.4, -0.2) is 13.4 Å². The van der Waals surface area contributed by atoms with Gasteiger partial charge in [0.2, 0.25) is 6.79 Å². The minimum atomic E-state index is 0.320. The molecule has 0 saturated heterocycles. The van der Waals surface area contributed by atoms with E-state index in [1.54, 1.807) is 0 Å². The van der Waals surface area contributed by atoms with E-state index in [0.717, 1.165) is 23.7 Å². The molecule has 0 unspecified atom stereocenters. The third-order valence-electron chi connectivity index (χ3n) is 3.38. The van der Waals surface area contributed by atoms with Gasteiger partial charge in [0.25, 0.3) is 0 Å². The summed E-state index contributed by atoms with van der Waals surface area (Å²) in [7, 11) is 0. The third-order valence-corrected chi connectivity index (χ3v) is 3.38. The highest BCUT2D eigenvalue weighted by Gasteiger charge is 2.13. The lowest BCUT2D eigenvalue weighted by Gasteiger charge is -2.09. The Kier molecular flexibility index (Phi) is 3.50. The zero-order valence-electron chi connectivity index (χ0n) is 11.8. The third kappa shape index (κ3) is 2.57. The van der Waals surface area contributed by atoms with Crippen LogP contribution in [-0.2, 0) is 6.42 Å². The monoisotopic (exact) mass is 270 g/mol. The van der Waals surface area contributed by atoms with Crippen LogP contribution in [0, 0.1) is 6.92 Å². The first-order valence-electron chi connectivity index (χ1n) is 6.87. The van der Waals surface area contributed by atoms with Crippen molar-refractivity contribution in [3.8, 4) is 17.2 Å². The van der Waals surface area contributed by atoms with E-state index < -0.39 is 0 Å². The molecular weight excluding hydrogens is 252 g/mol. The van der Waals surface area contributed by atoms with E-state index in [-0.39, 0.29) is 0 Å². The van der Waals surface area contributed by atoms with E-state index in [9.17, 15) is 0 Å². The molecule has 2 aromatic carbocycles. The number of hydrogen-bond acceptors (Lipinski definition) is 3. The van der Waals surface area contributed by atoms with Crippen LogP contribution < -0.4 is 14.2 Å². The number of aryl methyl sites for hydroxylation is 1. The smallest absolute Gasteiger partial charge is 0.231 e. The Morgan fingerprint density at radius 1 is 1.00 bits per heavy atom. The summed E-state index contributed by atoms with van der Waals surface area (Å²) < 4.78 is 16.3. The number of fused-ring (bicyclic) bond motifs is 1. The maximum atomic E-state index is 5.57. The Morgan fingerprint density at radius 2 is 1.75 bits per heavy atom. The molecule has 0 aliphatic carbocycles. The van der Waals surface area contributed by atoms with Gasteiger partial charge in [-0.3, -0.25) is 0 Å². The number of benzene rings is 2. The predicted octanol–water partition coefficient (Wildman–Crippen LogP) is 3.71. The Labute approximate surface area is 119 Å². The molecule has 3 heteroatoms. The molecule has 3 rings (SSSR count). The molecule has 0 N–H and O–H groups in total. The Morgan fingerprint density at radius 3 is 2.55 bits per heavy atom. The molecule has 0 radical (unpaired) electrons. The van der Waals surface area contributed by atoms with Gasteiger partial charge in [-0.1, -0.05) is 18.2 Å². The van der Waals surface area contributed by atoms with Crippen LogP contribution in [0.5, 0.6) is 17.2 Å². The summed E-state index contributed by atoms with van der Waals surface area (Å²) in [6.45, 7) is 5.09. The SMILES string of the molecule is CCOc1ccc(Cc2ccc3c(c2)OCO3)cc1C. The van der Waals surface area contributed by atoms with Gasteiger partial charge in [-0.05, 0) is 55.2 Å². The van der Waals surface area contributed by atoms with Crippen LogP contribution >= 0.6 is 0 Å². The average molecular weight is 270 g/mol. The lowest BCUT2D eigenvalue weighted by molar-refractivity contribution is 0.174. The lowest BCUT2D eigenvalue weighted by atomic mass is 10.0. The summed E-state index contributed by atoms with van der Waals surface area (Å²) in [4.78, 5) is 0. The first-order valence-corrected chi connectivity index (χ1v) is 6.87. The molecule has 0 atom stereocenters. The van der Waals surface area contributed by atoms with E-state index in [1.165, 1.54) is 16.7 Å². The number of hydrogen-bond donors (Lipinski definition) is 0. The van der Waals surface area contributed by atoms with Gasteiger partial charge in [-0.15, -0.1) is 0 Å². The lowest BCUT2D eigenvalue weighted by Crippen LogP contribution is -1.96.